The van der Waals surface area contributed by atoms with Crippen molar-refractivity contribution in [2.75, 3.05) is 19.8 Å². The SMILES string of the molecule is Cc1nc(C(C)NCC2(O)CCOCC2)cs1. The van der Waals surface area contributed by atoms with Crippen LogP contribution in [0.25, 0.3) is 0 Å². The molecule has 0 saturated carbocycles. The molecular formula is C12H20N2O2S. The van der Waals surface area contributed by atoms with Gasteiger partial charge in [0.15, 0.2) is 0 Å². The fourth-order valence-electron chi connectivity index (χ4n) is 1.95. The second kappa shape index (κ2) is 5.44. The minimum atomic E-state index is -0.614. The Hall–Kier alpha value is -0.490. The van der Waals surface area contributed by atoms with Crippen LogP contribution in [0.3, 0.4) is 0 Å². The van der Waals surface area contributed by atoms with Crippen molar-refractivity contribution in [1.82, 2.24) is 10.3 Å². The van der Waals surface area contributed by atoms with E-state index in [-0.39, 0.29) is 6.04 Å². The number of ether oxygens (including phenoxy) is 1. The summed E-state index contributed by atoms with van der Waals surface area (Å²) in [5, 5.41) is 16.8. The van der Waals surface area contributed by atoms with E-state index in [0.29, 0.717) is 32.6 Å². The van der Waals surface area contributed by atoms with Crippen molar-refractivity contribution in [2.24, 2.45) is 0 Å². The van der Waals surface area contributed by atoms with E-state index in [4.69, 9.17) is 4.74 Å². The first-order valence-electron chi connectivity index (χ1n) is 6.05. The zero-order valence-corrected chi connectivity index (χ0v) is 11.2. The Morgan fingerprint density at radius 1 is 1.59 bits per heavy atom. The average Bonchev–Trinajstić information content (AvgIpc) is 2.74. The highest BCUT2D eigenvalue weighted by Gasteiger charge is 2.30. The molecule has 0 aliphatic carbocycles. The van der Waals surface area contributed by atoms with Crippen LogP contribution in [0.15, 0.2) is 5.38 Å². The molecule has 96 valence electrons. The van der Waals surface area contributed by atoms with Crippen LogP contribution in [-0.2, 0) is 4.74 Å². The van der Waals surface area contributed by atoms with Crippen LogP contribution in [0.2, 0.25) is 0 Å². The number of nitrogens with one attached hydrogen (secondary N) is 1. The minimum Gasteiger partial charge on any atom is -0.388 e. The third-order valence-corrected chi connectivity index (χ3v) is 4.03. The number of aromatic nitrogens is 1. The molecule has 17 heavy (non-hydrogen) atoms. The maximum absolute atomic E-state index is 10.3. The second-order valence-electron chi connectivity index (χ2n) is 4.73. The van der Waals surface area contributed by atoms with Crippen molar-refractivity contribution >= 4 is 11.3 Å². The first kappa shape index (κ1) is 13.0. The Labute approximate surface area is 106 Å². The molecule has 1 fully saturated rings. The summed E-state index contributed by atoms with van der Waals surface area (Å²) in [6.07, 6.45) is 1.42. The first-order valence-corrected chi connectivity index (χ1v) is 6.93. The van der Waals surface area contributed by atoms with Crippen molar-refractivity contribution in [2.45, 2.75) is 38.3 Å². The summed E-state index contributed by atoms with van der Waals surface area (Å²) in [6.45, 7) is 6.00. The summed E-state index contributed by atoms with van der Waals surface area (Å²) in [6, 6.07) is 0.187. The molecule has 1 aromatic rings. The van der Waals surface area contributed by atoms with E-state index in [1.54, 1.807) is 11.3 Å². The predicted octanol–water partition coefficient (Wildman–Crippen LogP) is 1.64. The Kier molecular flexibility index (Phi) is 4.14. The van der Waals surface area contributed by atoms with Crippen LogP contribution in [0.5, 0.6) is 0 Å². The quantitative estimate of drug-likeness (QED) is 0.860. The molecule has 4 nitrogen and oxygen atoms in total. The lowest BCUT2D eigenvalue weighted by Crippen LogP contribution is -2.45. The van der Waals surface area contributed by atoms with Crippen LogP contribution in [0.4, 0.5) is 0 Å². The highest BCUT2D eigenvalue weighted by atomic mass is 32.1. The smallest absolute Gasteiger partial charge is 0.0898 e. The van der Waals surface area contributed by atoms with E-state index >= 15 is 0 Å². The lowest BCUT2D eigenvalue weighted by atomic mass is 9.94. The molecule has 0 amide bonds. The maximum atomic E-state index is 10.3. The van der Waals surface area contributed by atoms with Crippen molar-refractivity contribution in [1.29, 1.82) is 0 Å². The zero-order chi connectivity index (χ0) is 12.3. The Morgan fingerprint density at radius 3 is 2.88 bits per heavy atom. The normalized spacial score (nSPS) is 21.4. The Bertz CT molecular complexity index is 361. The van der Waals surface area contributed by atoms with E-state index in [2.05, 4.69) is 22.6 Å². The molecule has 1 aliphatic heterocycles. The molecule has 0 radical (unpaired) electrons. The number of rotatable bonds is 4. The second-order valence-corrected chi connectivity index (χ2v) is 5.79. The van der Waals surface area contributed by atoms with Gasteiger partial charge in [-0.05, 0) is 13.8 Å². The van der Waals surface area contributed by atoms with Gasteiger partial charge in [-0.15, -0.1) is 11.3 Å². The number of hydrogen-bond donors (Lipinski definition) is 2. The van der Waals surface area contributed by atoms with E-state index in [9.17, 15) is 5.11 Å². The van der Waals surface area contributed by atoms with Gasteiger partial charge in [-0.1, -0.05) is 0 Å². The predicted molar refractivity (Wildman–Crippen MR) is 68.3 cm³/mol. The highest BCUT2D eigenvalue weighted by Crippen LogP contribution is 2.21. The third kappa shape index (κ3) is 3.48. The Balaban J connectivity index is 1.85. The largest absolute Gasteiger partial charge is 0.388 e. The average molecular weight is 256 g/mol. The Morgan fingerprint density at radius 2 is 2.29 bits per heavy atom. The summed E-state index contributed by atoms with van der Waals surface area (Å²) in [4.78, 5) is 4.45. The first-order chi connectivity index (χ1) is 8.09. The van der Waals surface area contributed by atoms with E-state index < -0.39 is 5.60 Å². The fraction of sp³-hybridized carbons (Fsp3) is 0.750. The molecule has 2 heterocycles. The molecule has 1 unspecified atom stereocenters. The number of thiazole rings is 1. The molecule has 5 heteroatoms. The molecule has 1 atom stereocenters. The van der Waals surface area contributed by atoms with Crippen LogP contribution in [-0.4, -0.2) is 35.5 Å². The van der Waals surface area contributed by atoms with Crippen LogP contribution in [0, 0.1) is 6.92 Å². The summed E-state index contributed by atoms with van der Waals surface area (Å²) >= 11 is 1.66. The van der Waals surface area contributed by atoms with E-state index in [1.807, 2.05) is 6.92 Å². The van der Waals surface area contributed by atoms with Gasteiger partial charge in [0.25, 0.3) is 0 Å². The number of hydrogen-bond acceptors (Lipinski definition) is 5. The van der Waals surface area contributed by atoms with Crippen LogP contribution in [0.1, 0.15) is 36.5 Å². The highest BCUT2D eigenvalue weighted by molar-refractivity contribution is 7.09. The summed E-state index contributed by atoms with van der Waals surface area (Å²) < 4.78 is 5.26. The van der Waals surface area contributed by atoms with Gasteiger partial charge in [0.1, 0.15) is 0 Å². The van der Waals surface area contributed by atoms with E-state index in [0.717, 1.165) is 10.7 Å². The third-order valence-electron chi connectivity index (χ3n) is 3.24. The lowest BCUT2D eigenvalue weighted by Gasteiger charge is -2.33. The van der Waals surface area contributed by atoms with Gasteiger partial charge >= 0.3 is 0 Å². The standard InChI is InChI=1S/C12H20N2O2S/c1-9(11-7-17-10(2)14-11)13-8-12(15)3-5-16-6-4-12/h7,9,13,15H,3-6,8H2,1-2H3. The van der Waals surface area contributed by atoms with Crippen molar-refractivity contribution in [3.8, 4) is 0 Å². The van der Waals surface area contributed by atoms with Gasteiger partial charge in [0, 0.05) is 44.0 Å². The van der Waals surface area contributed by atoms with Gasteiger partial charge in [0.05, 0.1) is 16.3 Å². The number of aliphatic hydroxyl groups is 1. The minimum absolute atomic E-state index is 0.187. The van der Waals surface area contributed by atoms with Crippen molar-refractivity contribution in [3.05, 3.63) is 16.1 Å². The monoisotopic (exact) mass is 256 g/mol. The van der Waals surface area contributed by atoms with E-state index in [1.165, 1.54) is 0 Å². The molecule has 1 aliphatic rings. The molecule has 1 aromatic heterocycles. The lowest BCUT2D eigenvalue weighted by molar-refractivity contribution is -0.0626. The maximum Gasteiger partial charge on any atom is 0.0898 e. The van der Waals surface area contributed by atoms with Gasteiger partial charge in [0.2, 0.25) is 0 Å². The number of aryl methyl sites for hydroxylation is 1. The molecular weight excluding hydrogens is 236 g/mol. The zero-order valence-electron chi connectivity index (χ0n) is 10.4. The summed E-state index contributed by atoms with van der Waals surface area (Å²) in [5.41, 5.74) is 0.445. The molecule has 1 saturated heterocycles. The van der Waals surface area contributed by atoms with Crippen molar-refractivity contribution < 1.29 is 9.84 Å². The molecule has 0 spiro atoms. The van der Waals surface area contributed by atoms with Gasteiger partial charge in [-0.3, -0.25) is 0 Å². The van der Waals surface area contributed by atoms with Gasteiger partial charge in [-0.25, -0.2) is 4.98 Å². The van der Waals surface area contributed by atoms with Crippen LogP contribution < -0.4 is 5.32 Å². The summed E-state index contributed by atoms with van der Waals surface area (Å²) in [7, 11) is 0. The molecule has 2 N–H and O–H groups in total. The summed E-state index contributed by atoms with van der Waals surface area (Å²) in [5.74, 6) is 0. The number of nitrogens with zero attached hydrogens (tertiary/aromatic N) is 1. The van der Waals surface area contributed by atoms with Gasteiger partial charge in [-0.2, -0.15) is 0 Å². The van der Waals surface area contributed by atoms with Crippen molar-refractivity contribution in [3.63, 3.8) is 0 Å². The topological polar surface area (TPSA) is 54.4 Å². The van der Waals surface area contributed by atoms with Gasteiger partial charge < -0.3 is 15.2 Å². The molecule has 0 bridgehead atoms. The molecule has 0 aromatic carbocycles. The fourth-order valence-corrected chi connectivity index (χ4v) is 2.66. The van der Waals surface area contributed by atoms with Crippen LogP contribution >= 0.6 is 11.3 Å². The molecule has 2 rings (SSSR count).